The van der Waals surface area contributed by atoms with Crippen LogP contribution in [0.3, 0.4) is 0 Å². The van der Waals surface area contributed by atoms with Gasteiger partial charge in [-0.25, -0.2) is 32.8 Å². The van der Waals surface area contributed by atoms with Crippen LogP contribution in [0.5, 0.6) is 0 Å². The number of nitrogens with one attached hydrogen (secondary N) is 1. The largest absolute Gasteiger partial charge is 0.378 e. The zero-order valence-corrected chi connectivity index (χ0v) is 31.0. The molecule has 4 aliphatic rings. The molecule has 1 amide bonds. The van der Waals surface area contributed by atoms with E-state index in [9.17, 15) is 9.18 Å². The first kappa shape index (κ1) is 34.9. The Bertz CT molecular complexity index is 2550. The molecule has 4 aliphatic heterocycles. The maximum absolute atomic E-state index is 15.4. The summed E-state index contributed by atoms with van der Waals surface area (Å²) in [6.45, 7) is 5.22. The Morgan fingerprint density at radius 1 is 0.946 bits per heavy atom. The summed E-state index contributed by atoms with van der Waals surface area (Å²) >= 11 is 0. The minimum absolute atomic E-state index is 0.115. The molecule has 8 heterocycles. The number of fused-ring (bicyclic) bond motifs is 8. The monoisotopic (exact) mass is 764 g/mol. The highest BCUT2D eigenvalue weighted by Crippen LogP contribution is 2.40. The second-order valence-electron chi connectivity index (χ2n) is 15.2. The van der Waals surface area contributed by atoms with Crippen molar-refractivity contribution in [2.75, 3.05) is 50.7 Å². The Labute approximate surface area is 319 Å². The van der Waals surface area contributed by atoms with Gasteiger partial charge in [0.2, 0.25) is 5.91 Å². The van der Waals surface area contributed by atoms with Gasteiger partial charge in [0.05, 0.1) is 71.4 Å². The predicted molar refractivity (Wildman–Crippen MR) is 202 cm³/mol. The summed E-state index contributed by atoms with van der Waals surface area (Å²) in [6, 6.07) is 11.3. The highest BCUT2D eigenvalue weighted by molar-refractivity contribution is 5.97. The molecule has 4 bridgehead atoms. The lowest BCUT2D eigenvalue weighted by molar-refractivity contribution is -0.132. The fourth-order valence-electron chi connectivity index (χ4n) is 8.80. The Hall–Kier alpha value is -5.58. The van der Waals surface area contributed by atoms with E-state index in [1.165, 1.54) is 28.9 Å². The number of halogens is 3. The lowest BCUT2D eigenvalue weighted by Gasteiger charge is -2.34. The molecule has 0 spiro atoms. The van der Waals surface area contributed by atoms with Crippen LogP contribution < -0.4 is 10.2 Å². The zero-order chi connectivity index (χ0) is 38.4. The molecule has 10 rings (SSSR count). The van der Waals surface area contributed by atoms with Crippen LogP contribution >= 0.6 is 0 Å². The maximum atomic E-state index is 15.4. The number of rotatable bonds is 4. The third-order valence-corrected chi connectivity index (χ3v) is 11.7. The van der Waals surface area contributed by atoms with Crippen molar-refractivity contribution in [3.05, 3.63) is 89.3 Å². The van der Waals surface area contributed by atoms with Crippen molar-refractivity contribution in [1.29, 1.82) is 0 Å². The summed E-state index contributed by atoms with van der Waals surface area (Å²) in [4.78, 5) is 35.7. The van der Waals surface area contributed by atoms with Crippen molar-refractivity contribution in [2.45, 2.75) is 57.2 Å². The normalized spacial score (nSPS) is 21.7. The summed E-state index contributed by atoms with van der Waals surface area (Å²) in [7, 11) is 3.39. The van der Waals surface area contributed by atoms with Crippen molar-refractivity contribution in [1.82, 2.24) is 39.1 Å². The molecule has 3 atom stereocenters. The van der Waals surface area contributed by atoms with E-state index in [4.69, 9.17) is 19.4 Å². The molecule has 0 saturated carbocycles. The van der Waals surface area contributed by atoms with E-state index >= 15 is 8.78 Å². The first-order chi connectivity index (χ1) is 27.1. The van der Waals surface area contributed by atoms with Crippen LogP contribution in [0.2, 0.25) is 0 Å². The minimum Gasteiger partial charge on any atom is -0.378 e. The number of amides is 1. The van der Waals surface area contributed by atoms with Crippen molar-refractivity contribution < 1.29 is 27.4 Å². The summed E-state index contributed by atoms with van der Waals surface area (Å²) in [5.41, 5.74) is 4.93. The number of likely N-dealkylation sites (N-methyl/N-ethyl adjacent to an activating group) is 1. The van der Waals surface area contributed by atoms with E-state index in [0.29, 0.717) is 91.0 Å². The molecule has 2 saturated heterocycles. The molecule has 4 aromatic heterocycles. The first-order valence-corrected chi connectivity index (χ1v) is 18.7. The molecule has 2 fully saturated rings. The molecule has 0 unspecified atom stereocenters. The van der Waals surface area contributed by atoms with Gasteiger partial charge in [-0.15, -0.1) is 0 Å². The summed E-state index contributed by atoms with van der Waals surface area (Å²) < 4.78 is 59.6. The maximum Gasteiger partial charge on any atom is 0.245 e. The van der Waals surface area contributed by atoms with Gasteiger partial charge in [0.25, 0.3) is 0 Å². The van der Waals surface area contributed by atoms with Crippen molar-refractivity contribution in [3.8, 4) is 16.9 Å². The van der Waals surface area contributed by atoms with Gasteiger partial charge >= 0.3 is 0 Å². The molecule has 13 nitrogen and oxygen atoms in total. The number of carbonyl (C=O) groups is 1. The molecular weight excluding hydrogens is 726 g/mol. The average Bonchev–Trinajstić information content (AvgIpc) is 3.94. The van der Waals surface area contributed by atoms with Crippen LogP contribution in [0.4, 0.5) is 24.8 Å². The van der Waals surface area contributed by atoms with E-state index in [1.54, 1.807) is 25.3 Å². The molecule has 56 heavy (non-hydrogen) atoms. The number of ether oxygens (including phenoxy) is 2. The smallest absolute Gasteiger partial charge is 0.245 e. The Balaban J connectivity index is 1.10. The molecule has 1 N–H and O–H groups in total. The minimum atomic E-state index is -0.739. The first-order valence-electron chi connectivity index (χ1n) is 18.7. The second kappa shape index (κ2) is 13.3. The third kappa shape index (κ3) is 5.68. The summed E-state index contributed by atoms with van der Waals surface area (Å²) in [5, 5.41) is 8.89. The van der Waals surface area contributed by atoms with Gasteiger partial charge in [-0.05, 0) is 43.7 Å². The Morgan fingerprint density at radius 3 is 2.59 bits per heavy atom. The van der Waals surface area contributed by atoms with Crippen molar-refractivity contribution in [3.63, 3.8) is 0 Å². The van der Waals surface area contributed by atoms with E-state index in [0.717, 1.165) is 22.8 Å². The lowest BCUT2D eigenvalue weighted by atomic mass is 10.1. The molecular formula is C40H39F3N10O3. The van der Waals surface area contributed by atoms with Crippen LogP contribution in [-0.4, -0.2) is 110 Å². The van der Waals surface area contributed by atoms with Gasteiger partial charge in [0.15, 0.2) is 5.82 Å². The van der Waals surface area contributed by atoms with Gasteiger partial charge in [0, 0.05) is 69.6 Å². The number of hydrogen-bond acceptors (Lipinski definition) is 10. The SMILES string of the molecule is CO[C@H]1CN(C)C(=O)[C@@H]2C[C@@H](CN2c2nc3c(c4c2cnn4-c2ccc(F)cc2F)CN(C2COC2)C3)Nc2cccc(n2)-c2cc(F)cc3nc(C)n(c23)C1. The van der Waals surface area contributed by atoms with Crippen molar-refractivity contribution >= 4 is 39.5 Å². The molecule has 0 radical (unpaired) electrons. The van der Waals surface area contributed by atoms with Gasteiger partial charge in [0.1, 0.15) is 40.8 Å². The summed E-state index contributed by atoms with van der Waals surface area (Å²) in [6.07, 6.45) is 1.65. The van der Waals surface area contributed by atoms with Crippen LogP contribution in [0, 0.1) is 24.4 Å². The molecule has 16 heteroatoms. The topological polar surface area (TPSA) is 119 Å². The Kier molecular flexibility index (Phi) is 8.27. The third-order valence-electron chi connectivity index (χ3n) is 11.7. The van der Waals surface area contributed by atoms with E-state index in [2.05, 4.69) is 20.3 Å². The number of imidazole rings is 1. The molecule has 0 aliphatic carbocycles. The van der Waals surface area contributed by atoms with E-state index in [1.807, 2.05) is 34.6 Å². The van der Waals surface area contributed by atoms with Crippen LogP contribution in [0.1, 0.15) is 23.5 Å². The van der Waals surface area contributed by atoms with Crippen LogP contribution in [0.15, 0.2) is 54.7 Å². The number of carbonyl (C=O) groups excluding carboxylic acids is 1. The number of aromatic nitrogens is 6. The van der Waals surface area contributed by atoms with Gasteiger partial charge in [-0.3, -0.25) is 9.69 Å². The van der Waals surface area contributed by atoms with Crippen molar-refractivity contribution in [2.24, 2.45) is 0 Å². The number of aryl methyl sites for hydroxylation is 1. The highest BCUT2D eigenvalue weighted by Gasteiger charge is 2.42. The molecule has 288 valence electrons. The number of pyridine rings is 2. The zero-order valence-electron chi connectivity index (χ0n) is 31.0. The van der Waals surface area contributed by atoms with E-state index in [-0.39, 0.29) is 30.2 Å². The number of nitrogens with zero attached hydrogens (tertiary/aromatic N) is 9. The number of anilines is 2. The molecule has 2 aromatic carbocycles. The average molecular weight is 765 g/mol. The highest BCUT2D eigenvalue weighted by atomic mass is 19.1. The quantitative estimate of drug-likeness (QED) is 0.268. The number of hydrogen-bond donors (Lipinski definition) is 1. The van der Waals surface area contributed by atoms with Crippen LogP contribution in [0.25, 0.3) is 38.9 Å². The van der Waals surface area contributed by atoms with Crippen LogP contribution in [-0.2, 0) is 33.9 Å². The van der Waals surface area contributed by atoms with Gasteiger partial charge in [-0.2, -0.15) is 5.10 Å². The van der Waals surface area contributed by atoms with Gasteiger partial charge in [-0.1, -0.05) is 6.07 Å². The standard InChI is InChI=1S/C40H39F3N10O3/c1-21-45-32-11-23(42)9-27-31-5-4-6-36(47-31)46-24-12-35(40(54)49(2)15-26(55-3)16-51(21)38(27)32)52(14-24)39-28-13-44-53(34-8-7-22(41)10-30(34)43)37(28)29-17-50(18-33(29)48-39)25-19-56-20-25/h4-11,13,24-26,35H,12,14-20H2,1-3H3,(H,46,47)/t24-,26-,35-/m0/s1. The van der Waals surface area contributed by atoms with Gasteiger partial charge < -0.3 is 29.2 Å². The number of methoxy groups -OCH3 is 1. The fourth-order valence-corrected chi connectivity index (χ4v) is 8.80. The Morgan fingerprint density at radius 2 is 1.80 bits per heavy atom. The predicted octanol–water partition coefficient (Wildman–Crippen LogP) is 4.82. The number of benzene rings is 2. The van der Waals surface area contributed by atoms with E-state index < -0.39 is 29.6 Å². The lowest BCUT2D eigenvalue weighted by Crippen LogP contribution is -2.47. The molecule has 6 aromatic rings. The fraction of sp³-hybridized carbons (Fsp3) is 0.375. The second-order valence-corrected chi connectivity index (χ2v) is 15.2. The summed E-state index contributed by atoms with van der Waals surface area (Å²) in [5.74, 6) is -0.144.